The van der Waals surface area contributed by atoms with Crippen LogP contribution in [0.1, 0.15) is 33.1 Å². The van der Waals surface area contributed by atoms with Gasteiger partial charge in [0, 0.05) is 12.1 Å². The first-order valence-corrected chi connectivity index (χ1v) is 5.05. The van der Waals surface area contributed by atoms with E-state index in [0.717, 1.165) is 12.0 Å². The van der Waals surface area contributed by atoms with Crippen LogP contribution in [0.25, 0.3) is 0 Å². The number of likely N-dealkylation sites (tertiary alicyclic amines) is 1. The van der Waals surface area contributed by atoms with Crippen molar-refractivity contribution in [1.29, 1.82) is 0 Å². The average Bonchev–Trinajstić information content (AvgIpc) is 1.96. The predicted molar refractivity (Wildman–Crippen MR) is 53.1 cm³/mol. The maximum absolute atomic E-state index is 5.79. The molecule has 1 fully saturated rings. The Morgan fingerprint density at radius 3 is 2.75 bits per heavy atom. The molecule has 0 aromatic heterocycles. The van der Waals surface area contributed by atoms with Crippen molar-refractivity contribution in [3.8, 4) is 0 Å². The minimum Gasteiger partial charge on any atom is -0.328 e. The van der Waals surface area contributed by atoms with Crippen LogP contribution in [-0.2, 0) is 0 Å². The lowest BCUT2D eigenvalue weighted by molar-refractivity contribution is 0.146. The third-order valence-corrected chi connectivity index (χ3v) is 3.02. The van der Waals surface area contributed by atoms with Crippen molar-refractivity contribution in [3.63, 3.8) is 0 Å². The minimum atomic E-state index is 0.380. The van der Waals surface area contributed by atoms with Crippen molar-refractivity contribution in [2.24, 2.45) is 11.7 Å². The molecule has 0 aliphatic carbocycles. The summed E-state index contributed by atoms with van der Waals surface area (Å²) in [7, 11) is 2.22. The van der Waals surface area contributed by atoms with Crippen LogP contribution in [0.5, 0.6) is 0 Å². The van der Waals surface area contributed by atoms with Gasteiger partial charge in [0.2, 0.25) is 0 Å². The number of hydrogen-bond donors (Lipinski definition) is 1. The van der Waals surface area contributed by atoms with Crippen molar-refractivity contribution in [3.05, 3.63) is 0 Å². The van der Waals surface area contributed by atoms with E-state index in [1.807, 2.05) is 0 Å². The minimum absolute atomic E-state index is 0.380. The molecule has 0 saturated carbocycles. The van der Waals surface area contributed by atoms with Crippen LogP contribution in [0.15, 0.2) is 0 Å². The SMILES string of the molecule is CC(N)CC1CCN(C)C(C)C1. The summed E-state index contributed by atoms with van der Waals surface area (Å²) in [6, 6.07) is 1.13. The van der Waals surface area contributed by atoms with Crippen LogP contribution in [0.2, 0.25) is 0 Å². The number of hydrogen-bond acceptors (Lipinski definition) is 2. The highest BCUT2D eigenvalue weighted by atomic mass is 15.1. The zero-order valence-corrected chi connectivity index (χ0v) is 8.59. The maximum atomic E-state index is 5.79. The lowest BCUT2D eigenvalue weighted by atomic mass is 9.87. The van der Waals surface area contributed by atoms with Gasteiger partial charge in [-0.1, -0.05) is 0 Å². The van der Waals surface area contributed by atoms with Gasteiger partial charge in [-0.3, -0.25) is 0 Å². The molecule has 0 aromatic rings. The fourth-order valence-corrected chi connectivity index (χ4v) is 2.13. The summed E-state index contributed by atoms with van der Waals surface area (Å²) in [4.78, 5) is 2.44. The van der Waals surface area contributed by atoms with E-state index in [1.54, 1.807) is 0 Å². The first kappa shape index (κ1) is 10.0. The smallest absolute Gasteiger partial charge is 0.00665 e. The van der Waals surface area contributed by atoms with Crippen molar-refractivity contribution >= 4 is 0 Å². The topological polar surface area (TPSA) is 29.3 Å². The van der Waals surface area contributed by atoms with Gasteiger partial charge in [-0.05, 0) is 52.6 Å². The third-order valence-electron chi connectivity index (χ3n) is 3.02. The van der Waals surface area contributed by atoms with Crippen LogP contribution >= 0.6 is 0 Å². The molecule has 2 nitrogen and oxygen atoms in total. The van der Waals surface area contributed by atoms with Crippen LogP contribution in [0, 0.1) is 5.92 Å². The van der Waals surface area contributed by atoms with Crippen LogP contribution < -0.4 is 5.73 Å². The third kappa shape index (κ3) is 2.76. The summed E-state index contributed by atoms with van der Waals surface area (Å²) in [6.45, 7) is 5.68. The zero-order valence-electron chi connectivity index (χ0n) is 8.59. The Labute approximate surface area is 76.1 Å². The largest absolute Gasteiger partial charge is 0.328 e. The van der Waals surface area contributed by atoms with E-state index in [2.05, 4.69) is 25.8 Å². The molecular weight excluding hydrogens is 148 g/mol. The van der Waals surface area contributed by atoms with Gasteiger partial charge in [-0.2, -0.15) is 0 Å². The predicted octanol–water partition coefficient (Wildman–Crippen LogP) is 1.45. The van der Waals surface area contributed by atoms with Gasteiger partial charge >= 0.3 is 0 Å². The second kappa shape index (κ2) is 4.24. The molecule has 2 N–H and O–H groups in total. The lowest BCUT2D eigenvalue weighted by Crippen LogP contribution is -2.39. The first-order chi connectivity index (χ1) is 5.59. The Balaban J connectivity index is 2.30. The molecule has 0 spiro atoms. The van der Waals surface area contributed by atoms with E-state index in [-0.39, 0.29) is 0 Å². The number of rotatable bonds is 2. The van der Waals surface area contributed by atoms with Gasteiger partial charge in [-0.25, -0.2) is 0 Å². The molecular formula is C10H22N2. The van der Waals surface area contributed by atoms with Gasteiger partial charge in [0.15, 0.2) is 0 Å². The molecule has 0 aromatic carbocycles. The highest BCUT2D eigenvalue weighted by Crippen LogP contribution is 2.24. The van der Waals surface area contributed by atoms with E-state index < -0.39 is 0 Å². The Bertz CT molecular complexity index is 134. The summed E-state index contributed by atoms with van der Waals surface area (Å²) in [5.41, 5.74) is 5.79. The highest BCUT2D eigenvalue weighted by molar-refractivity contribution is 4.78. The molecule has 0 radical (unpaired) electrons. The van der Waals surface area contributed by atoms with Crippen LogP contribution in [0.4, 0.5) is 0 Å². The van der Waals surface area contributed by atoms with Gasteiger partial charge in [0.25, 0.3) is 0 Å². The van der Waals surface area contributed by atoms with Gasteiger partial charge in [-0.15, -0.1) is 0 Å². The molecule has 3 unspecified atom stereocenters. The number of piperidine rings is 1. The van der Waals surface area contributed by atoms with Crippen molar-refractivity contribution in [2.45, 2.75) is 45.2 Å². The van der Waals surface area contributed by atoms with E-state index in [9.17, 15) is 0 Å². The standard InChI is InChI=1S/C10H22N2/c1-8(11)6-10-4-5-12(3)9(2)7-10/h8-10H,4-7,11H2,1-3H3. The first-order valence-electron chi connectivity index (χ1n) is 5.05. The Morgan fingerprint density at radius 1 is 1.58 bits per heavy atom. The van der Waals surface area contributed by atoms with Crippen molar-refractivity contribution in [2.75, 3.05) is 13.6 Å². The van der Waals surface area contributed by atoms with Crippen molar-refractivity contribution < 1.29 is 0 Å². The Kier molecular flexibility index (Phi) is 3.53. The molecule has 3 atom stereocenters. The molecule has 12 heavy (non-hydrogen) atoms. The molecule has 1 rings (SSSR count). The highest BCUT2D eigenvalue weighted by Gasteiger charge is 2.22. The summed E-state index contributed by atoms with van der Waals surface area (Å²) >= 11 is 0. The summed E-state index contributed by atoms with van der Waals surface area (Å²) in [5.74, 6) is 0.871. The fraction of sp³-hybridized carbons (Fsp3) is 1.00. The molecule has 1 heterocycles. The van der Waals surface area contributed by atoms with E-state index in [0.29, 0.717) is 6.04 Å². The van der Waals surface area contributed by atoms with E-state index >= 15 is 0 Å². The lowest BCUT2D eigenvalue weighted by Gasteiger charge is -2.35. The number of nitrogens with zero attached hydrogens (tertiary/aromatic N) is 1. The van der Waals surface area contributed by atoms with Gasteiger partial charge in [0.05, 0.1) is 0 Å². The summed E-state index contributed by atoms with van der Waals surface area (Å²) < 4.78 is 0. The van der Waals surface area contributed by atoms with Gasteiger partial charge < -0.3 is 10.6 Å². The molecule has 72 valence electrons. The quantitative estimate of drug-likeness (QED) is 0.679. The van der Waals surface area contributed by atoms with Crippen LogP contribution in [0.3, 0.4) is 0 Å². The second-order valence-electron chi connectivity index (χ2n) is 4.43. The summed E-state index contributed by atoms with van der Waals surface area (Å²) in [6.07, 6.45) is 3.87. The molecule has 2 heteroatoms. The van der Waals surface area contributed by atoms with Gasteiger partial charge in [0.1, 0.15) is 0 Å². The average molecular weight is 170 g/mol. The monoisotopic (exact) mass is 170 g/mol. The Hall–Kier alpha value is -0.0800. The molecule has 1 aliphatic rings. The van der Waals surface area contributed by atoms with Crippen LogP contribution in [-0.4, -0.2) is 30.6 Å². The number of nitrogens with two attached hydrogens (primary N) is 1. The normalized spacial score (nSPS) is 35.0. The molecule has 0 bridgehead atoms. The molecule has 1 aliphatic heterocycles. The fourth-order valence-electron chi connectivity index (χ4n) is 2.13. The molecule has 0 amide bonds. The Morgan fingerprint density at radius 2 is 2.25 bits per heavy atom. The molecule has 1 saturated heterocycles. The van der Waals surface area contributed by atoms with Crippen molar-refractivity contribution in [1.82, 2.24) is 4.90 Å². The van der Waals surface area contributed by atoms with E-state index in [1.165, 1.54) is 25.8 Å². The maximum Gasteiger partial charge on any atom is 0.00665 e. The summed E-state index contributed by atoms with van der Waals surface area (Å²) in [5, 5.41) is 0. The second-order valence-corrected chi connectivity index (χ2v) is 4.43. The zero-order chi connectivity index (χ0) is 9.14. The van der Waals surface area contributed by atoms with E-state index in [4.69, 9.17) is 5.73 Å².